The van der Waals surface area contributed by atoms with Crippen LogP contribution < -0.4 is 11.1 Å². The molecule has 0 bridgehead atoms. The molecule has 0 amide bonds. The van der Waals surface area contributed by atoms with Crippen molar-refractivity contribution in [3.05, 3.63) is 33.8 Å². The monoisotopic (exact) mass is 286 g/mol. The van der Waals surface area contributed by atoms with Crippen LogP contribution in [0.25, 0.3) is 0 Å². The number of hydrogen-bond acceptors (Lipinski definition) is 2. The minimum absolute atomic E-state index is 0.107. The summed E-state index contributed by atoms with van der Waals surface area (Å²) in [5, 5.41) is 4.86. The Morgan fingerprint density at radius 1 is 1.39 bits per heavy atom. The average Bonchev–Trinajstić information content (AvgIpc) is 3.15. The zero-order valence-corrected chi connectivity index (χ0v) is 12.1. The van der Waals surface area contributed by atoms with E-state index in [0.29, 0.717) is 22.5 Å². The van der Waals surface area contributed by atoms with Gasteiger partial charge in [0.2, 0.25) is 0 Å². The third-order valence-corrected chi connectivity index (χ3v) is 4.25. The van der Waals surface area contributed by atoms with E-state index >= 15 is 0 Å². The molecular formula is C14H20Cl2N2. The summed E-state index contributed by atoms with van der Waals surface area (Å²) < 4.78 is 0. The van der Waals surface area contributed by atoms with Gasteiger partial charge in [0, 0.05) is 22.6 Å². The molecule has 2 unspecified atom stereocenters. The highest BCUT2D eigenvalue weighted by Crippen LogP contribution is 2.36. The highest BCUT2D eigenvalue weighted by atomic mass is 35.5. The summed E-state index contributed by atoms with van der Waals surface area (Å²) >= 11 is 12.1. The zero-order chi connectivity index (χ0) is 13.1. The fourth-order valence-electron chi connectivity index (χ4n) is 2.26. The summed E-state index contributed by atoms with van der Waals surface area (Å²) in [6.07, 6.45) is 2.75. The predicted octanol–water partition coefficient (Wildman–Crippen LogP) is 3.63. The molecule has 1 aliphatic rings. The summed E-state index contributed by atoms with van der Waals surface area (Å²) in [4.78, 5) is 0. The van der Waals surface area contributed by atoms with Crippen LogP contribution in [-0.2, 0) is 0 Å². The lowest BCUT2D eigenvalue weighted by Crippen LogP contribution is -2.32. The van der Waals surface area contributed by atoms with Crippen LogP contribution in [-0.4, -0.2) is 13.1 Å². The van der Waals surface area contributed by atoms with Gasteiger partial charge in [0.25, 0.3) is 0 Å². The second-order valence-electron chi connectivity index (χ2n) is 5.18. The molecule has 3 N–H and O–H groups in total. The van der Waals surface area contributed by atoms with Gasteiger partial charge in [0.1, 0.15) is 0 Å². The van der Waals surface area contributed by atoms with Gasteiger partial charge in [0.15, 0.2) is 0 Å². The maximum Gasteiger partial charge on any atom is 0.0469 e. The second kappa shape index (κ2) is 6.25. The molecule has 0 spiro atoms. The number of rotatable bonds is 6. The molecule has 0 saturated heterocycles. The van der Waals surface area contributed by atoms with Crippen molar-refractivity contribution in [2.24, 2.45) is 17.6 Å². The molecule has 0 aromatic heterocycles. The second-order valence-corrected chi connectivity index (χ2v) is 6.02. The van der Waals surface area contributed by atoms with Crippen molar-refractivity contribution in [2.45, 2.75) is 25.8 Å². The Hall–Kier alpha value is -0.280. The van der Waals surface area contributed by atoms with Crippen LogP contribution in [0.4, 0.5) is 0 Å². The van der Waals surface area contributed by atoms with Crippen molar-refractivity contribution in [3.63, 3.8) is 0 Å². The van der Waals surface area contributed by atoms with E-state index in [-0.39, 0.29) is 6.04 Å². The van der Waals surface area contributed by atoms with Crippen molar-refractivity contribution in [1.29, 1.82) is 0 Å². The van der Waals surface area contributed by atoms with Crippen LogP contribution in [0.5, 0.6) is 0 Å². The van der Waals surface area contributed by atoms with E-state index in [9.17, 15) is 0 Å². The number of halogens is 2. The van der Waals surface area contributed by atoms with E-state index in [0.717, 1.165) is 18.0 Å². The zero-order valence-electron chi connectivity index (χ0n) is 10.6. The van der Waals surface area contributed by atoms with Crippen LogP contribution in [0.15, 0.2) is 18.2 Å². The summed E-state index contributed by atoms with van der Waals surface area (Å²) in [6, 6.07) is 5.69. The van der Waals surface area contributed by atoms with Crippen LogP contribution in [0.1, 0.15) is 31.4 Å². The van der Waals surface area contributed by atoms with Gasteiger partial charge >= 0.3 is 0 Å². The van der Waals surface area contributed by atoms with E-state index in [1.807, 2.05) is 12.1 Å². The minimum atomic E-state index is 0.107. The van der Waals surface area contributed by atoms with Gasteiger partial charge in [-0.1, -0.05) is 36.2 Å². The lowest BCUT2D eigenvalue weighted by atomic mass is 10.0. The van der Waals surface area contributed by atoms with Crippen LogP contribution >= 0.6 is 23.2 Å². The fourth-order valence-corrected chi connectivity index (χ4v) is 2.80. The first kappa shape index (κ1) is 14.1. The highest BCUT2D eigenvalue weighted by molar-refractivity contribution is 6.35. The van der Waals surface area contributed by atoms with Crippen molar-refractivity contribution < 1.29 is 0 Å². The third kappa shape index (κ3) is 3.61. The standard InChI is InChI=1S/C14H20Cl2N2/c1-9(10-2-3-10)8-18-14(7-17)12-5-4-11(15)6-13(12)16/h4-6,9-10,14,18H,2-3,7-8,17H2,1H3. The molecule has 100 valence electrons. The summed E-state index contributed by atoms with van der Waals surface area (Å²) in [5.74, 6) is 1.61. The molecule has 0 aliphatic heterocycles. The Morgan fingerprint density at radius 3 is 2.67 bits per heavy atom. The number of nitrogens with two attached hydrogens (primary N) is 1. The molecule has 1 fully saturated rings. The first-order valence-electron chi connectivity index (χ1n) is 6.50. The molecule has 0 heterocycles. The molecule has 1 aromatic rings. The lowest BCUT2D eigenvalue weighted by molar-refractivity contribution is 0.423. The quantitative estimate of drug-likeness (QED) is 0.838. The number of hydrogen-bond donors (Lipinski definition) is 2. The van der Waals surface area contributed by atoms with Crippen LogP contribution in [0, 0.1) is 11.8 Å². The van der Waals surface area contributed by atoms with Gasteiger partial charge in [-0.2, -0.15) is 0 Å². The Kier molecular flexibility index (Phi) is 4.91. The Labute approximate surface area is 119 Å². The topological polar surface area (TPSA) is 38.0 Å². The normalized spacial score (nSPS) is 18.7. The van der Waals surface area contributed by atoms with E-state index < -0.39 is 0 Å². The molecule has 2 atom stereocenters. The molecule has 2 nitrogen and oxygen atoms in total. The maximum atomic E-state index is 6.21. The van der Waals surface area contributed by atoms with Gasteiger partial charge in [0.05, 0.1) is 0 Å². The Morgan fingerprint density at radius 2 is 2.11 bits per heavy atom. The third-order valence-electron chi connectivity index (χ3n) is 3.69. The maximum absolute atomic E-state index is 6.21. The smallest absolute Gasteiger partial charge is 0.0469 e. The molecular weight excluding hydrogens is 267 g/mol. The van der Waals surface area contributed by atoms with Gasteiger partial charge in [-0.25, -0.2) is 0 Å². The summed E-state index contributed by atoms with van der Waals surface area (Å²) in [7, 11) is 0. The van der Waals surface area contributed by atoms with Crippen LogP contribution in [0.2, 0.25) is 10.0 Å². The van der Waals surface area contributed by atoms with Gasteiger partial charge < -0.3 is 11.1 Å². The highest BCUT2D eigenvalue weighted by Gasteiger charge is 2.28. The number of benzene rings is 1. The molecule has 18 heavy (non-hydrogen) atoms. The Bertz CT molecular complexity index is 405. The lowest BCUT2D eigenvalue weighted by Gasteiger charge is -2.21. The largest absolute Gasteiger partial charge is 0.329 e. The van der Waals surface area contributed by atoms with E-state index in [1.165, 1.54) is 12.8 Å². The van der Waals surface area contributed by atoms with Crippen molar-refractivity contribution in [1.82, 2.24) is 5.32 Å². The van der Waals surface area contributed by atoms with Crippen LogP contribution in [0.3, 0.4) is 0 Å². The molecule has 0 radical (unpaired) electrons. The molecule has 2 rings (SSSR count). The van der Waals surface area contributed by atoms with Gasteiger partial charge in [-0.3, -0.25) is 0 Å². The fraction of sp³-hybridized carbons (Fsp3) is 0.571. The Balaban J connectivity index is 1.98. The SMILES string of the molecule is CC(CNC(CN)c1ccc(Cl)cc1Cl)C1CC1. The minimum Gasteiger partial charge on any atom is -0.329 e. The van der Waals surface area contributed by atoms with E-state index in [2.05, 4.69) is 12.2 Å². The molecule has 1 aromatic carbocycles. The summed E-state index contributed by atoms with van der Waals surface area (Å²) in [5.41, 5.74) is 6.87. The first-order chi connectivity index (χ1) is 8.61. The summed E-state index contributed by atoms with van der Waals surface area (Å²) in [6.45, 7) is 3.83. The first-order valence-corrected chi connectivity index (χ1v) is 7.25. The molecule has 1 saturated carbocycles. The van der Waals surface area contributed by atoms with E-state index in [4.69, 9.17) is 28.9 Å². The van der Waals surface area contributed by atoms with Crippen molar-refractivity contribution >= 4 is 23.2 Å². The molecule has 1 aliphatic carbocycles. The average molecular weight is 287 g/mol. The van der Waals surface area contributed by atoms with E-state index in [1.54, 1.807) is 6.07 Å². The van der Waals surface area contributed by atoms with Crippen molar-refractivity contribution in [2.75, 3.05) is 13.1 Å². The van der Waals surface area contributed by atoms with Gasteiger partial charge in [-0.15, -0.1) is 0 Å². The molecule has 4 heteroatoms. The van der Waals surface area contributed by atoms with Crippen molar-refractivity contribution in [3.8, 4) is 0 Å². The number of nitrogens with one attached hydrogen (secondary N) is 1. The van der Waals surface area contributed by atoms with Gasteiger partial charge in [-0.05, 0) is 48.9 Å². The predicted molar refractivity (Wildman–Crippen MR) is 78.1 cm³/mol.